The van der Waals surface area contributed by atoms with Crippen molar-refractivity contribution in [2.24, 2.45) is 5.92 Å². The minimum absolute atomic E-state index is 0.0846. The molecule has 1 N–H and O–H groups in total. The van der Waals surface area contributed by atoms with Gasteiger partial charge in [-0.1, -0.05) is 6.92 Å². The second-order valence-electron chi connectivity index (χ2n) is 3.99. The zero-order valence-electron chi connectivity index (χ0n) is 9.98. The van der Waals surface area contributed by atoms with Crippen molar-refractivity contribution in [3.05, 3.63) is 29.8 Å². The monoisotopic (exact) mass is 257 g/mol. The molecule has 98 valence electrons. The maximum Gasteiger partial charge on any atom is 0.304 e. The van der Waals surface area contributed by atoms with E-state index in [1.807, 2.05) is 0 Å². The minimum atomic E-state index is -1.11. The van der Waals surface area contributed by atoms with Gasteiger partial charge in [0.05, 0.1) is 12.1 Å². The van der Waals surface area contributed by atoms with Crippen molar-refractivity contribution in [3.8, 4) is 0 Å². The maximum absolute atomic E-state index is 13.4. The van der Waals surface area contributed by atoms with Gasteiger partial charge >= 0.3 is 5.97 Å². The van der Waals surface area contributed by atoms with Gasteiger partial charge in [-0.15, -0.1) is 0 Å². The van der Waals surface area contributed by atoms with Gasteiger partial charge in [0.2, 0.25) is 5.91 Å². The Morgan fingerprint density at radius 3 is 2.50 bits per heavy atom. The fourth-order valence-electron chi connectivity index (χ4n) is 1.55. The Bertz CT molecular complexity index is 476. The van der Waals surface area contributed by atoms with Gasteiger partial charge in [-0.05, 0) is 12.1 Å². The normalized spacial score (nSPS) is 12.0. The topological polar surface area (TPSA) is 57.6 Å². The van der Waals surface area contributed by atoms with Gasteiger partial charge in [0.25, 0.3) is 0 Å². The Kier molecular flexibility index (Phi) is 4.36. The van der Waals surface area contributed by atoms with Crippen molar-refractivity contribution < 1.29 is 23.5 Å². The largest absolute Gasteiger partial charge is 0.481 e. The summed E-state index contributed by atoms with van der Waals surface area (Å²) < 4.78 is 26.2. The minimum Gasteiger partial charge on any atom is -0.481 e. The van der Waals surface area contributed by atoms with Crippen LogP contribution in [0.5, 0.6) is 0 Å². The highest BCUT2D eigenvalue weighted by Gasteiger charge is 2.23. The van der Waals surface area contributed by atoms with Crippen molar-refractivity contribution >= 4 is 17.6 Å². The first-order valence-electron chi connectivity index (χ1n) is 5.27. The van der Waals surface area contributed by atoms with Gasteiger partial charge in [0.1, 0.15) is 11.6 Å². The Morgan fingerprint density at radius 1 is 1.39 bits per heavy atom. The lowest BCUT2D eigenvalue weighted by Crippen LogP contribution is -2.33. The van der Waals surface area contributed by atoms with Gasteiger partial charge in [0.15, 0.2) is 0 Å². The summed E-state index contributed by atoms with van der Waals surface area (Å²) in [6, 6.07) is 2.83. The molecule has 0 fully saturated rings. The van der Waals surface area contributed by atoms with Crippen molar-refractivity contribution in [3.63, 3.8) is 0 Å². The third-order valence-corrected chi connectivity index (χ3v) is 2.50. The quantitative estimate of drug-likeness (QED) is 0.898. The molecular weight excluding hydrogens is 244 g/mol. The molecule has 0 saturated heterocycles. The van der Waals surface area contributed by atoms with E-state index >= 15 is 0 Å². The smallest absolute Gasteiger partial charge is 0.304 e. The average Bonchev–Trinajstić information content (AvgIpc) is 2.26. The van der Waals surface area contributed by atoms with Crippen LogP contribution in [-0.4, -0.2) is 24.0 Å². The molecule has 0 aliphatic rings. The number of nitrogens with zero attached hydrogens (tertiary/aromatic N) is 1. The van der Waals surface area contributed by atoms with E-state index in [0.717, 1.165) is 17.0 Å². The molecule has 0 aliphatic carbocycles. The van der Waals surface area contributed by atoms with Crippen LogP contribution >= 0.6 is 0 Å². The van der Waals surface area contributed by atoms with E-state index in [4.69, 9.17) is 5.11 Å². The van der Waals surface area contributed by atoms with Crippen LogP contribution in [0.3, 0.4) is 0 Å². The van der Waals surface area contributed by atoms with E-state index in [2.05, 4.69) is 0 Å². The van der Waals surface area contributed by atoms with Crippen molar-refractivity contribution in [2.45, 2.75) is 13.3 Å². The van der Waals surface area contributed by atoms with Crippen LogP contribution in [-0.2, 0) is 9.59 Å². The predicted molar refractivity (Wildman–Crippen MR) is 61.2 cm³/mol. The second kappa shape index (κ2) is 5.57. The number of amides is 1. The molecule has 0 radical (unpaired) electrons. The lowest BCUT2D eigenvalue weighted by molar-refractivity contribution is -0.140. The lowest BCUT2D eigenvalue weighted by Gasteiger charge is -2.21. The summed E-state index contributed by atoms with van der Waals surface area (Å²) in [5.74, 6) is -4.03. The van der Waals surface area contributed by atoms with Gasteiger partial charge in [-0.2, -0.15) is 0 Å². The van der Waals surface area contributed by atoms with Gasteiger partial charge in [-0.3, -0.25) is 9.59 Å². The molecule has 18 heavy (non-hydrogen) atoms. The maximum atomic E-state index is 13.4. The summed E-state index contributed by atoms with van der Waals surface area (Å²) in [6.45, 7) is 1.44. The van der Waals surface area contributed by atoms with Crippen molar-refractivity contribution in [1.82, 2.24) is 0 Å². The number of halogens is 2. The van der Waals surface area contributed by atoms with E-state index in [9.17, 15) is 18.4 Å². The SMILES string of the molecule is CC(CC(=O)O)C(=O)N(C)c1ccc(F)cc1F. The molecule has 0 aromatic heterocycles. The van der Waals surface area contributed by atoms with Crippen LogP contribution in [0.2, 0.25) is 0 Å². The molecule has 0 spiro atoms. The highest BCUT2D eigenvalue weighted by molar-refractivity contribution is 5.96. The predicted octanol–water partition coefficient (Wildman–Crippen LogP) is 2.04. The molecule has 4 nitrogen and oxygen atoms in total. The number of carbonyl (C=O) groups is 2. The summed E-state index contributed by atoms with van der Waals surface area (Å²) in [5.41, 5.74) is -0.0846. The number of rotatable bonds is 4. The molecule has 0 saturated carbocycles. The number of carboxylic acid groups (broad SMARTS) is 1. The van der Waals surface area contributed by atoms with Crippen LogP contribution in [0.25, 0.3) is 0 Å². The lowest BCUT2D eigenvalue weighted by atomic mass is 10.1. The van der Waals surface area contributed by atoms with Crippen LogP contribution in [0.1, 0.15) is 13.3 Å². The fraction of sp³-hybridized carbons (Fsp3) is 0.333. The first kappa shape index (κ1) is 14.1. The number of aliphatic carboxylic acids is 1. The molecule has 1 unspecified atom stereocenters. The van der Waals surface area contributed by atoms with E-state index in [1.54, 1.807) is 0 Å². The summed E-state index contributed by atoms with van der Waals surface area (Å²) in [5, 5.41) is 8.58. The summed E-state index contributed by atoms with van der Waals surface area (Å²) in [4.78, 5) is 23.3. The van der Waals surface area contributed by atoms with Gasteiger partial charge in [0, 0.05) is 19.0 Å². The molecule has 1 rings (SSSR count). The number of carbonyl (C=O) groups excluding carboxylic acids is 1. The van der Waals surface area contributed by atoms with Gasteiger partial charge in [-0.25, -0.2) is 8.78 Å². The molecule has 0 aliphatic heterocycles. The second-order valence-corrected chi connectivity index (χ2v) is 3.99. The third kappa shape index (κ3) is 3.26. The highest BCUT2D eigenvalue weighted by Crippen LogP contribution is 2.21. The molecule has 6 heteroatoms. The van der Waals surface area contributed by atoms with Gasteiger partial charge < -0.3 is 10.0 Å². The Labute approximate surface area is 103 Å². The Hall–Kier alpha value is -1.98. The Balaban J connectivity index is 2.89. The van der Waals surface area contributed by atoms with E-state index in [-0.39, 0.29) is 12.1 Å². The molecule has 0 heterocycles. The molecule has 0 bridgehead atoms. The van der Waals surface area contributed by atoms with E-state index in [1.165, 1.54) is 14.0 Å². The molecule has 1 aromatic carbocycles. The number of benzene rings is 1. The van der Waals surface area contributed by atoms with E-state index in [0.29, 0.717) is 6.07 Å². The van der Waals surface area contributed by atoms with E-state index < -0.39 is 29.4 Å². The fourth-order valence-corrected chi connectivity index (χ4v) is 1.55. The number of anilines is 1. The van der Waals surface area contributed by atoms with Crippen molar-refractivity contribution in [1.29, 1.82) is 0 Å². The number of hydrogen-bond donors (Lipinski definition) is 1. The third-order valence-electron chi connectivity index (χ3n) is 2.50. The molecular formula is C12H13F2NO3. The standard InChI is InChI=1S/C12H13F2NO3/c1-7(5-11(16)17)12(18)15(2)10-4-3-8(13)6-9(10)14/h3-4,6-7H,5H2,1-2H3,(H,16,17). The summed E-state index contributed by atoms with van der Waals surface area (Å²) >= 11 is 0. The average molecular weight is 257 g/mol. The van der Waals surface area contributed by atoms with Crippen LogP contribution < -0.4 is 4.90 Å². The Morgan fingerprint density at radius 2 is 2.00 bits per heavy atom. The molecule has 1 amide bonds. The van der Waals surface area contributed by atoms with Crippen molar-refractivity contribution in [2.75, 3.05) is 11.9 Å². The molecule has 1 atom stereocenters. The van der Waals surface area contributed by atoms with Crippen LogP contribution in [0.15, 0.2) is 18.2 Å². The first-order chi connectivity index (χ1) is 8.32. The number of carboxylic acids is 1. The zero-order valence-corrected chi connectivity index (χ0v) is 9.98. The highest BCUT2D eigenvalue weighted by atomic mass is 19.1. The van der Waals surface area contributed by atoms with Crippen LogP contribution in [0.4, 0.5) is 14.5 Å². The number of hydrogen-bond acceptors (Lipinski definition) is 2. The summed E-state index contributed by atoms with van der Waals surface area (Å²) in [7, 11) is 1.32. The van der Waals surface area contributed by atoms with Crippen LogP contribution in [0, 0.1) is 17.6 Å². The summed E-state index contributed by atoms with van der Waals surface area (Å²) in [6.07, 6.45) is -0.341. The first-order valence-corrected chi connectivity index (χ1v) is 5.27. The molecule has 1 aromatic rings. The zero-order chi connectivity index (χ0) is 13.9.